The Morgan fingerprint density at radius 1 is 1.47 bits per heavy atom. The van der Waals surface area contributed by atoms with Crippen molar-refractivity contribution >= 4 is 0 Å². The number of rotatable bonds is 3. The van der Waals surface area contributed by atoms with E-state index in [1.54, 1.807) is 6.07 Å². The molecule has 1 aromatic carbocycles. The minimum atomic E-state index is -0.403. The van der Waals surface area contributed by atoms with Crippen molar-refractivity contribution in [1.29, 1.82) is 0 Å². The zero-order valence-corrected chi connectivity index (χ0v) is 11.6. The van der Waals surface area contributed by atoms with E-state index in [2.05, 4.69) is 18.7 Å². The number of hydrogen-bond donors (Lipinski definition) is 2. The monoisotopic (exact) mass is 266 g/mol. The van der Waals surface area contributed by atoms with Gasteiger partial charge in [-0.2, -0.15) is 0 Å². The van der Waals surface area contributed by atoms with Crippen LogP contribution in [0.25, 0.3) is 0 Å². The quantitative estimate of drug-likeness (QED) is 0.884. The summed E-state index contributed by atoms with van der Waals surface area (Å²) >= 11 is 0. The first-order valence-electron chi connectivity index (χ1n) is 6.97. The maximum Gasteiger partial charge on any atom is 0.126 e. The van der Waals surface area contributed by atoms with Crippen LogP contribution in [0, 0.1) is 11.7 Å². The predicted molar refractivity (Wildman–Crippen MR) is 74.4 cm³/mol. The molecule has 3 unspecified atom stereocenters. The molecule has 0 aromatic heterocycles. The van der Waals surface area contributed by atoms with Crippen LogP contribution in [0.4, 0.5) is 4.39 Å². The van der Waals surface area contributed by atoms with Gasteiger partial charge < -0.3 is 10.8 Å². The molecule has 19 heavy (non-hydrogen) atoms. The van der Waals surface area contributed by atoms with E-state index in [4.69, 9.17) is 5.73 Å². The lowest BCUT2D eigenvalue weighted by Gasteiger charge is -2.41. The number of phenolic OH excluding ortho intramolecular Hbond substituents is 1. The lowest BCUT2D eigenvalue weighted by atomic mass is 9.91. The van der Waals surface area contributed by atoms with E-state index in [0.29, 0.717) is 18.5 Å². The summed E-state index contributed by atoms with van der Waals surface area (Å²) in [5.41, 5.74) is 6.56. The second-order valence-corrected chi connectivity index (χ2v) is 5.60. The first kappa shape index (κ1) is 14.3. The fourth-order valence-corrected chi connectivity index (χ4v) is 2.99. The molecule has 0 amide bonds. The Balaban J connectivity index is 2.19. The van der Waals surface area contributed by atoms with E-state index in [9.17, 15) is 9.50 Å². The number of hydrogen-bond acceptors (Lipinski definition) is 3. The third kappa shape index (κ3) is 3.07. The standard InChI is InChI=1S/C15H23FN2O/c1-10-3-4-12(8-17)9-18(10)11(2)14-6-5-13(16)7-15(14)19/h5-7,10-12,19H,3-4,8-9,17H2,1-2H3. The van der Waals surface area contributed by atoms with Crippen LogP contribution in [0.15, 0.2) is 18.2 Å². The van der Waals surface area contributed by atoms with Crippen molar-refractivity contribution in [3.05, 3.63) is 29.6 Å². The summed E-state index contributed by atoms with van der Waals surface area (Å²) in [6.45, 7) is 5.90. The average molecular weight is 266 g/mol. The number of nitrogens with two attached hydrogens (primary N) is 1. The summed E-state index contributed by atoms with van der Waals surface area (Å²) in [7, 11) is 0. The maximum atomic E-state index is 13.1. The number of piperidine rings is 1. The molecular formula is C15H23FN2O. The largest absolute Gasteiger partial charge is 0.508 e. The van der Waals surface area contributed by atoms with E-state index < -0.39 is 5.82 Å². The molecule has 1 aliphatic rings. The summed E-state index contributed by atoms with van der Waals surface area (Å²) in [4.78, 5) is 2.36. The predicted octanol–water partition coefficient (Wildman–Crippen LogP) is 2.65. The van der Waals surface area contributed by atoms with Gasteiger partial charge in [-0.25, -0.2) is 4.39 Å². The lowest BCUT2D eigenvalue weighted by Crippen LogP contribution is -2.45. The van der Waals surface area contributed by atoms with Crippen LogP contribution in [-0.4, -0.2) is 29.1 Å². The third-order valence-electron chi connectivity index (χ3n) is 4.30. The van der Waals surface area contributed by atoms with Crippen molar-refractivity contribution in [2.24, 2.45) is 11.7 Å². The molecule has 3 N–H and O–H groups in total. The number of nitrogens with zero attached hydrogens (tertiary/aromatic N) is 1. The highest BCUT2D eigenvalue weighted by atomic mass is 19.1. The molecule has 1 aliphatic heterocycles. The number of phenols is 1. The van der Waals surface area contributed by atoms with Gasteiger partial charge in [-0.1, -0.05) is 6.07 Å². The van der Waals surface area contributed by atoms with Crippen molar-refractivity contribution in [2.45, 2.75) is 38.8 Å². The highest BCUT2D eigenvalue weighted by Gasteiger charge is 2.29. The lowest BCUT2D eigenvalue weighted by molar-refractivity contribution is 0.0801. The fraction of sp³-hybridized carbons (Fsp3) is 0.600. The SMILES string of the molecule is CC1CCC(CN)CN1C(C)c1ccc(F)cc1O. The topological polar surface area (TPSA) is 49.5 Å². The molecule has 1 aromatic rings. The van der Waals surface area contributed by atoms with E-state index in [1.807, 2.05) is 0 Å². The van der Waals surface area contributed by atoms with Gasteiger partial charge in [0.2, 0.25) is 0 Å². The van der Waals surface area contributed by atoms with Crippen LogP contribution in [0.5, 0.6) is 5.75 Å². The Bertz CT molecular complexity index is 438. The van der Waals surface area contributed by atoms with Crippen LogP contribution < -0.4 is 5.73 Å². The van der Waals surface area contributed by atoms with Crippen LogP contribution in [-0.2, 0) is 0 Å². The van der Waals surface area contributed by atoms with Gasteiger partial charge in [0, 0.05) is 30.3 Å². The molecule has 0 aliphatic carbocycles. The molecule has 106 valence electrons. The molecule has 3 atom stereocenters. The molecule has 0 saturated carbocycles. The summed E-state index contributed by atoms with van der Waals surface area (Å²) in [5, 5.41) is 9.91. The van der Waals surface area contributed by atoms with Crippen LogP contribution >= 0.6 is 0 Å². The molecule has 3 nitrogen and oxygen atoms in total. The van der Waals surface area contributed by atoms with E-state index in [1.165, 1.54) is 12.1 Å². The van der Waals surface area contributed by atoms with E-state index in [-0.39, 0.29) is 11.8 Å². The van der Waals surface area contributed by atoms with Crippen molar-refractivity contribution in [3.8, 4) is 5.75 Å². The van der Waals surface area contributed by atoms with Crippen molar-refractivity contribution in [3.63, 3.8) is 0 Å². The Hall–Kier alpha value is -1.13. The second kappa shape index (κ2) is 5.88. The maximum absolute atomic E-state index is 13.1. The van der Waals surface area contributed by atoms with Gasteiger partial charge >= 0.3 is 0 Å². The zero-order chi connectivity index (χ0) is 14.0. The van der Waals surface area contributed by atoms with Gasteiger partial charge in [-0.3, -0.25) is 4.90 Å². The molecule has 0 bridgehead atoms. The third-order valence-corrected chi connectivity index (χ3v) is 4.30. The van der Waals surface area contributed by atoms with E-state index in [0.717, 1.165) is 24.9 Å². The van der Waals surface area contributed by atoms with Gasteiger partial charge in [0.05, 0.1) is 0 Å². The molecule has 1 saturated heterocycles. The molecule has 4 heteroatoms. The van der Waals surface area contributed by atoms with Gasteiger partial charge in [0.15, 0.2) is 0 Å². The summed E-state index contributed by atoms with van der Waals surface area (Å²) in [6, 6.07) is 4.79. The van der Waals surface area contributed by atoms with Gasteiger partial charge in [-0.05, 0) is 45.2 Å². The van der Waals surface area contributed by atoms with Crippen LogP contribution in [0.3, 0.4) is 0 Å². The van der Waals surface area contributed by atoms with Crippen LogP contribution in [0.1, 0.15) is 38.3 Å². The first-order valence-corrected chi connectivity index (χ1v) is 6.97. The van der Waals surface area contributed by atoms with Gasteiger partial charge in [0.1, 0.15) is 11.6 Å². The molecule has 1 fully saturated rings. The summed E-state index contributed by atoms with van der Waals surface area (Å²) < 4.78 is 13.1. The van der Waals surface area contributed by atoms with Gasteiger partial charge in [-0.15, -0.1) is 0 Å². The minimum absolute atomic E-state index is 0.0366. The first-order chi connectivity index (χ1) is 9.02. The Morgan fingerprint density at radius 2 is 2.21 bits per heavy atom. The molecule has 0 spiro atoms. The molecule has 0 radical (unpaired) electrons. The van der Waals surface area contributed by atoms with Crippen molar-refractivity contribution < 1.29 is 9.50 Å². The van der Waals surface area contributed by atoms with Crippen LogP contribution in [0.2, 0.25) is 0 Å². The number of likely N-dealkylation sites (tertiary alicyclic amines) is 1. The minimum Gasteiger partial charge on any atom is -0.508 e. The molecular weight excluding hydrogens is 243 g/mol. The highest BCUT2D eigenvalue weighted by molar-refractivity contribution is 5.35. The Labute approximate surface area is 114 Å². The fourth-order valence-electron chi connectivity index (χ4n) is 2.99. The number of halogens is 1. The van der Waals surface area contributed by atoms with Crippen molar-refractivity contribution in [2.75, 3.05) is 13.1 Å². The number of aromatic hydroxyl groups is 1. The van der Waals surface area contributed by atoms with E-state index >= 15 is 0 Å². The Morgan fingerprint density at radius 3 is 2.84 bits per heavy atom. The molecule has 1 heterocycles. The Kier molecular flexibility index (Phi) is 4.42. The molecule has 2 rings (SSSR count). The summed E-state index contributed by atoms with van der Waals surface area (Å²) in [6.07, 6.45) is 2.28. The number of benzene rings is 1. The van der Waals surface area contributed by atoms with Crippen molar-refractivity contribution in [1.82, 2.24) is 4.90 Å². The zero-order valence-electron chi connectivity index (χ0n) is 11.6. The average Bonchev–Trinajstić information content (AvgIpc) is 2.38. The summed E-state index contributed by atoms with van der Waals surface area (Å²) in [5.74, 6) is 0.149. The smallest absolute Gasteiger partial charge is 0.126 e. The normalized spacial score (nSPS) is 26.3. The second-order valence-electron chi connectivity index (χ2n) is 5.60. The highest BCUT2D eigenvalue weighted by Crippen LogP contribution is 2.34. The van der Waals surface area contributed by atoms with Gasteiger partial charge in [0.25, 0.3) is 0 Å².